The fraction of sp³-hybridized carbons (Fsp3) is 0.571. The molecule has 0 aromatic carbocycles. The smallest absolute Gasteiger partial charge is 0.252 e. The highest BCUT2D eigenvalue weighted by Crippen LogP contribution is 2.46. The molecule has 2 fully saturated rings. The molecule has 0 atom stereocenters. The van der Waals surface area contributed by atoms with Crippen LogP contribution in [-0.2, 0) is 19.6 Å². The van der Waals surface area contributed by atoms with Crippen molar-refractivity contribution in [1.82, 2.24) is 4.31 Å². The van der Waals surface area contributed by atoms with E-state index >= 15 is 0 Å². The van der Waals surface area contributed by atoms with Crippen LogP contribution in [0.15, 0.2) is 10.3 Å². The lowest BCUT2D eigenvalue weighted by Gasteiger charge is -2.25. The zero-order valence-corrected chi connectivity index (χ0v) is 14.8. The third-order valence-corrected chi connectivity index (χ3v) is 7.71. The van der Waals surface area contributed by atoms with Gasteiger partial charge in [-0.05, 0) is 18.9 Å². The van der Waals surface area contributed by atoms with Crippen LogP contribution in [0.2, 0.25) is 0 Å². The molecule has 8 nitrogen and oxygen atoms in total. The molecule has 0 bridgehead atoms. The van der Waals surface area contributed by atoms with E-state index in [-0.39, 0.29) is 33.8 Å². The van der Waals surface area contributed by atoms with Gasteiger partial charge in [0.05, 0.1) is 18.8 Å². The normalized spacial score (nSPS) is 20.5. The number of ether oxygens (including phenoxy) is 1. The minimum absolute atomic E-state index is 0.00514. The summed E-state index contributed by atoms with van der Waals surface area (Å²) in [4.78, 5) is 23.8. The number of rotatable bonds is 5. The Kier molecular flexibility index (Phi) is 4.41. The van der Waals surface area contributed by atoms with Crippen molar-refractivity contribution in [3.8, 4) is 0 Å². The number of hydrogen-bond acceptors (Lipinski definition) is 6. The second-order valence-corrected chi connectivity index (χ2v) is 9.42. The summed E-state index contributed by atoms with van der Waals surface area (Å²) in [7, 11) is -3.74. The zero-order chi connectivity index (χ0) is 17.5. The minimum atomic E-state index is -3.74. The average Bonchev–Trinajstić information content (AvgIpc) is 3.15. The van der Waals surface area contributed by atoms with Crippen molar-refractivity contribution in [3.63, 3.8) is 0 Å². The Bertz CT molecular complexity index is 776. The van der Waals surface area contributed by atoms with E-state index in [9.17, 15) is 18.0 Å². The van der Waals surface area contributed by atoms with Gasteiger partial charge in [-0.3, -0.25) is 9.59 Å². The highest BCUT2D eigenvalue weighted by atomic mass is 32.2. The predicted molar refractivity (Wildman–Crippen MR) is 88.4 cm³/mol. The third-order valence-electron chi connectivity index (χ3n) is 4.31. The summed E-state index contributed by atoms with van der Waals surface area (Å²) in [5.41, 5.74) is 4.91. The van der Waals surface area contributed by atoms with Gasteiger partial charge in [0.2, 0.25) is 5.91 Å². The first-order chi connectivity index (χ1) is 11.2. The monoisotopic (exact) mass is 373 g/mol. The number of morpholine rings is 1. The van der Waals surface area contributed by atoms with E-state index < -0.39 is 21.3 Å². The molecule has 24 heavy (non-hydrogen) atoms. The largest absolute Gasteiger partial charge is 0.379 e. The lowest BCUT2D eigenvalue weighted by Crippen LogP contribution is -2.40. The molecule has 10 heteroatoms. The number of hydrogen-bond donors (Lipinski definition) is 2. The van der Waals surface area contributed by atoms with Gasteiger partial charge >= 0.3 is 0 Å². The summed E-state index contributed by atoms with van der Waals surface area (Å²) < 4.78 is 31.8. The second-order valence-electron chi connectivity index (χ2n) is 6.20. The molecule has 1 aromatic rings. The Hall–Kier alpha value is -1.49. The highest BCUT2D eigenvalue weighted by Gasteiger charge is 2.45. The molecule has 2 aliphatic rings. The molecule has 3 rings (SSSR count). The molecule has 1 saturated heterocycles. The molecule has 0 spiro atoms. The minimum Gasteiger partial charge on any atom is -0.379 e. The second kappa shape index (κ2) is 6.10. The number of nitrogens with zero attached hydrogens (tertiary/aromatic N) is 1. The van der Waals surface area contributed by atoms with Gasteiger partial charge in [-0.15, -0.1) is 11.3 Å². The Balaban J connectivity index is 1.90. The van der Waals surface area contributed by atoms with Crippen LogP contribution in [-0.4, -0.2) is 50.8 Å². The fourth-order valence-electron chi connectivity index (χ4n) is 2.35. The number of nitrogens with two attached hydrogens (primary N) is 1. The SMILES string of the molecule is CC1(C(=O)Nc2sc(S(=O)(=O)N3CCOCC3)cc2C(N)=O)CC1. The molecule has 0 unspecified atom stereocenters. The summed E-state index contributed by atoms with van der Waals surface area (Å²) in [6.45, 7) is 2.99. The van der Waals surface area contributed by atoms with Gasteiger partial charge in [0.1, 0.15) is 9.21 Å². The van der Waals surface area contributed by atoms with Gasteiger partial charge in [0.15, 0.2) is 0 Å². The van der Waals surface area contributed by atoms with Crippen molar-refractivity contribution in [3.05, 3.63) is 11.6 Å². The van der Waals surface area contributed by atoms with E-state index in [4.69, 9.17) is 10.5 Å². The van der Waals surface area contributed by atoms with Crippen LogP contribution >= 0.6 is 11.3 Å². The standard InChI is InChI=1S/C14H19N3O5S2/c1-14(2-3-14)13(19)16-12-9(11(15)18)8-10(23-12)24(20,21)17-4-6-22-7-5-17/h8H,2-7H2,1H3,(H2,15,18)(H,16,19). The molecular weight excluding hydrogens is 354 g/mol. The highest BCUT2D eigenvalue weighted by molar-refractivity contribution is 7.91. The number of thiophene rings is 1. The molecule has 2 heterocycles. The molecule has 1 aliphatic heterocycles. The van der Waals surface area contributed by atoms with E-state index in [0.29, 0.717) is 13.2 Å². The number of sulfonamides is 1. The van der Waals surface area contributed by atoms with Crippen LogP contribution in [0.3, 0.4) is 0 Å². The van der Waals surface area contributed by atoms with E-state index in [0.717, 1.165) is 24.2 Å². The van der Waals surface area contributed by atoms with E-state index in [1.54, 1.807) is 0 Å². The molecular formula is C14H19N3O5S2. The van der Waals surface area contributed by atoms with Gasteiger partial charge in [-0.1, -0.05) is 6.92 Å². The lowest BCUT2D eigenvalue weighted by atomic mass is 10.1. The maximum Gasteiger partial charge on any atom is 0.252 e. The van der Waals surface area contributed by atoms with Crippen molar-refractivity contribution in [2.24, 2.45) is 11.1 Å². The molecule has 0 radical (unpaired) electrons. The first-order valence-corrected chi connectivity index (χ1v) is 9.83. The molecule has 1 aliphatic carbocycles. The van der Waals surface area contributed by atoms with Crippen molar-refractivity contribution in [2.75, 3.05) is 31.6 Å². The number of anilines is 1. The first kappa shape index (κ1) is 17.3. The summed E-state index contributed by atoms with van der Waals surface area (Å²) in [5, 5.41) is 2.85. The van der Waals surface area contributed by atoms with Crippen molar-refractivity contribution in [2.45, 2.75) is 24.0 Å². The number of carbonyl (C=O) groups is 2. The Labute approximate surface area is 144 Å². The number of primary amides is 1. The van der Waals surface area contributed by atoms with Gasteiger partial charge in [-0.25, -0.2) is 8.42 Å². The molecule has 1 aromatic heterocycles. The zero-order valence-electron chi connectivity index (χ0n) is 13.2. The summed E-state index contributed by atoms with van der Waals surface area (Å²) in [6, 6.07) is 1.24. The average molecular weight is 373 g/mol. The quantitative estimate of drug-likeness (QED) is 0.784. The lowest BCUT2D eigenvalue weighted by molar-refractivity contribution is -0.120. The predicted octanol–water partition coefficient (Wildman–Crippen LogP) is 0.606. The van der Waals surface area contributed by atoms with Crippen LogP contribution in [0.25, 0.3) is 0 Å². The molecule has 132 valence electrons. The van der Waals surface area contributed by atoms with Crippen LogP contribution < -0.4 is 11.1 Å². The Morgan fingerprint density at radius 2 is 1.96 bits per heavy atom. The van der Waals surface area contributed by atoms with Gasteiger partial charge in [-0.2, -0.15) is 4.31 Å². The van der Waals surface area contributed by atoms with E-state index in [2.05, 4.69) is 5.32 Å². The van der Waals surface area contributed by atoms with E-state index in [1.807, 2.05) is 6.92 Å². The number of nitrogens with one attached hydrogen (secondary N) is 1. The fourth-order valence-corrected chi connectivity index (χ4v) is 5.28. The van der Waals surface area contributed by atoms with Gasteiger partial charge in [0, 0.05) is 18.5 Å². The Morgan fingerprint density at radius 3 is 2.50 bits per heavy atom. The maximum atomic E-state index is 12.7. The maximum absolute atomic E-state index is 12.7. The van der Waals surface area contributed by atoms with Gasteiger partial charge in [0.25, 0.3) is 15.9 Å². The van der Waals surface area contributed by atoms with Crippen LogP contribution in [0.5, 0.6) is 0 Å². The summed E-state index contributed by atoms with van der Waals surface area (Å²) in [6.07, 6.45) is 1.55. The van der Waals surface area contributed by atoms with Crippen molar-refractivity contribution < 1.29 is 22.7 Å². The Morgan fingerprint density at radius 1 is 1.33 bits per heavy atom. The van der Waals surface area contributed by atoms with Crippen molar-refractivity contribution in [1.29, 1.82) is 0 Å². The first-order valence-electron chi connectivity index (χ1n) is 7.57. The molecule has 2 amide bonds. The topological polar surface area (TPSA) is 119 Å². The van der Waals surface area contributed by atoms with Crippen LogP contribution in [0.1, 0.15) is 30.1 Å². The van der Waals surface area contributed by atoms with Crippen LogP contribution in [0.4, 0.5) is 5.00 Å². The van der Waals surface area contributed by atoms with Crippen LogP contribution in [0, 0.1) is 5.41 Å². The third kappa shape index (κ3) is 3.18. The van der Waals surface area contributed by atoms with E-state index in [1.165, 1.54) is 10.4 Å². The van der Waals surface area contributed by atoms with Gasteiger partial charge < -0.3 is 15.8 Å². The molecule has 1 saturated carbocycles. The number of carbonyl (C=O) groups excluding carboxylic acids is 2. The summed E-state index contributed by atoms with van der Waals surface area (Å²) >= 11 is 0.857. The summed E-state index contributed by atoms with van der Waals surface area (Å²) in [5.74, 6) is -0.993. The molecule has 3 N–H and O–H groups in total. The van der Waals surface area contributed by atoms with Crippen molar-refractivity contribution >= 4 is 38.2 Å². The number of amides is 2.